The van der Waals surface area contributed by atoms with Crippen molar-refractivity contribution in [1.82, 2.24) is 9.88 Å². The molecule has 28 heavy (non-hydrogen) atoms. The summed E-state index contributed by atoms with van der Waals surface area (Å²) < 4.78 is 6.63. The molecule has 0 spiro atoms. The molecule has 1 atom stereocenters. The van der Waals surface area contributed by atoms with E-state index in [1.807, 2.05) is 25.1 Å². The number of para-hydroxylation sites is 1. The predicted molar refractivity (Wildman–Crippen MR) is 114 cm³/mol. The minimum atomic E-state index is -0.319. The van der Waals surface area contributed by atoms with Crippen LogP contribution in [0.25, 0.3) is 21.2 Å². The highest BCUT2D eigenvalue weighted by atomic mass is 35.5. The van der Waals surface area contributed by atoms with E-state index in [1.54, 1.807) is 17.4 Å². The van der Waals surface area contributed by atoms with Crippen molar-refractivity contribution in [3.8, 4) is 0 Å². The number of rotatable bonds is 3. The van der Waals surface area contributed by atoms with Gasteiger partial charge in [0.15, 0.2) is 0 Å². The highest BCUT2D eigenvalue weighted by Gasteiger charge is 2.29. The topological polar surface area (TPSA) is 46.3 Å². The van der Waals surface area contributed by atoms with Crippen molar-refractivity contribution in [3.63, 3.8) is 0 Å². The highest BCUT2D eigenvalue weighted by molar-refractivity contribution is 7.18. The second kappa shape index (κ2) is 6.99. The number of hydrogen-bond acceptors (Lipinski definition) is 5. The molecule has 1 aliphatic heterocycles. The van der Waals surface area contributed by atoms with E-state index in [-0.39, 0.29) is 11.7 Å². The number of aromatic nitrogens is 1. The van der Waals surface area contributed by atoms with Crippen molar-refractivity contribution in [1.29, 1.82) is 0 Å². The molecule has 6 heteroatoms. The van der Waals surface area contributed by atoms with Gasteiger partial charge in [-0.1, -0.05) is 23.7 Å². The summed E-state index contributed by atoms with van der Waals surface area (Å²) >= 11 is 8.11. The van der Waals surface area contributed by atoms with Gasteiger partial charge in [-0.3, -0.25) is 4.90 Å². The van der Waals surface area contributed by atoms with Crippen LogP contribution in [0.15, 0.2) is 51.7 Å². The molecule has 0 aliphatic carbocycles. The fourth-order valence-corrected chi connectivity index (χ4v) is 5.33. The summed E-state index contributed by atoms with van der Waals surface area (Å²) in [6, 6.07) is 13.9. The van der Waals surface area contributed by atoms with Crippen molar-refractivity contribution >= 4 is 44.1 Å². The lowest BCUT2D eigenvalue weighted by atomic mass is 10.1. The first-order chi connectivity index (χ1) is 13.6. The van der Waals surface area contributed by atoms with E-state index < -0.39 is 0 Å². The summed E-state index contributed by atoms with van der Waals surface area (Å²) in [5.41, 5.74) is 3.20. The van der Waals surface area contributed by atoms with E-state index in [0.29, 0.717) is 17.2 Å². The maximum atomic E-state index is 12.1. The van der Waals surface area contributed by atoms with Crippen LogP contribution in [0.1, 0.15) is 35.0 Å². The van der Waals surface area contributed by atoms with Gasteiger partial charge < -0.3 is 4.42 Å². The number of likely N-dealkylation sites (tertiary alicyclic amines) is 1. The molecule has 0 unspecified atom stereocenters. The molecule has 3 heterocycles. The van der Waals surface area contributed by atoms with Gasteiger partial charge in [-0.2, -0.15) is 0 Å². The van der Waals surface area contributed by atoms with Crippen molar-refractivity contribution in [2.24, 2.45) is 0 Å². The molecule has 1 aliphatic rings. The summed E-state index contributed by atoms with van der Waals surface area (Å²) in [5.74, 6) is 0. The first-order valence-electron chi connectivity index (χ1n) is 9.41. The Labute approximate surface area is 171 Å². The van der Waals surface area contributed by atoms with Crippen LogP contribution in [0.4, 0.5) is 0 Å². The van der Waals surface area contributed by atoms with Crippen LogP contribution in [0.2, 0.25) is 5.02 Å². The first kappa shape index (κ1) is 17.9. The van der Waals surface area contributed by atoms with E-state index in [9.17, 15) is 4.79 Å². The zero-order chi connectivity index (χ0) is 19.3. The number of halogens is 1. The molecule has 1 fully saturated rings. The lowest BCUT2D eigenvalue weighted by Gasteiger charge is -2.23. The van der Waals surface area contributed by atoms with Crippen molar-refractivity contribution in [2.75, 3.05) is 6.54 Å². The van der Waals surface area contributed by atoms with Gasteiger partial charge in [0, 0.05) is 23.0 Å². The van der Waals surface area contributed by atoms with Gasteiger partial charge in [0.1, 0.15) is 10.6 Å². The molecule has 0 amide bonds. The molecule has 4 nitrogen and oxygen atoms in total. The molecule has 4 aromatic rings. The molecular weight excluding hydrogens is 392 g/mol. The lowest BCUT2D eigenvalue weighted by molar-refractivity contribution is 0.248. The SMILES string of the molecule is Cc1cc2oc(=O)cc(CN3CCC[C@@H]3c3nc4ccccc4s3)c2cc1Cl. The second-order valence-electron chi connectivity index (χ2n) is 7.34. The monoisotopic (exact) mass is 410 g/mol. The van der Waals surface area contributed by atoms with Crippen molar-refractivity contribution < 1.29 is 4.42 Å². The Balaban J connectivity index is 1.53. The quantitative estimate of drug-likeness (QED) is 0.406. The second-order valence-corrected chi connectivity index (χ2v) is 8.81. The van der Waals surface area contributed by atoms with E-state index in [2.05, 4.69) is 23.1 Å². The third-order valence-electron chi connectivity index (χ3n) is 5.44. The van der Waals surface area contributed by atoms with Gasteiger partial charge in [0.05, 0.1) is 16.3 Å². The minimum Gasteiger partial charge on any atom is -0.423 e. The van der Waals surface area contributed by atoms with E-state index in [4.69, 9.17) is 21.0 Å². The number of nitrogens with zero attached hydrogens (tertiary/aromatic N) is 2. The van der Waals surface area contributed by atoms with Crippen LogP contribution in [0, 0.1) is 6.92 Å². The Bertz CT molecular complexity index is 1210. The smallest absolute Gasteiger partial charge is 0.336 e. The van der Waals surface area contributed by atoms with E-state index in [0.717, 1.165) is 46.4 Å². The molecular formula is C22H19ClN2O2S. The van der Waals surface area contributed by atoms with Crippen LogP contribution in [-0.4, -0.2) is 16.4 Å². The Morgan fingerprint density at radius 2 is 2.14 bits per heavy atom. The Morgan fingerprint density at radius 3 is 3.00 bits per heavy atom. The van der Waals surface area contributed by atoms with Crippen LogP contribution in [0.3, 0.4) is 0 Å². The fourth-order valence-electron chi connectivity index (χ4n) is 4.03. The molecule has 0 saturated carbocycles. The molecule has 142 valence electrons. The van der Waals surface area contributed by atoms with Gasteiger partial charge in [-0.05, 0) is 61.7 Å². The maximum absolute atomic E-state index is 12.1. The van der Waals surface area contributed by atoms with Crippen LogP contribution < -0.4 is 5.63 Å². The fraction of sp³-hybridized carbons (Fsp3) is 0.273. The number of benzene rings is 2. The van der Waals surface area contributed by atoms with E-state index in [1.165, 1.54) is 4.70 Å². The number of aryl methyl sites for hydroxylation is 1. The summed E-state index contributed by atoms with van der Waals surface area (Å²) in [5, 5.41) is 2.75. The zero-order valence-corrected chi connectivity index (χ0v) is 17.0. The number of hydrogen-bond donors (Lipinski definition) is 0. The number of thiazole rings is 1. The molecule has 5 rings (SSSR count). The third-order valence-corrected chi connectivity index (χ3v) is 6.99. The lowest BCUT2D eigenvalue weighted by Crippen LogP contribution is -2.23. The standard InChI is InChI=1S/C22H19ClN2O2S/c1-13-9-19-15(11-16(13)23)14(10-21(26)27-19)12-25-8-4-6-18(25)22-24-17-5-2-3-7-20(17)28-22/h2-3,5,7,9-11,18H,4,6,8,12H2,1H3/t18-/m1/s1. The average Bonchev–Trinajstić information content (AvgIpc) is 3.29. The van der Waals surface area contributed by atoms with Crippen LogP contribution in [-0.2, 0) is 6.54 Å². The predicted octanol–water partition coefficient (Wildman–Crippen LogP) is 5.70. The molecule has 1 saturated heterocycles. The van der Waals surface area contributed by atoms with Crippen molar-refractivity contribution in [3.05, 3.63) is 74.0 Å². The van der Waals surface area contributed by atoms with Gasteiger partial charge in [-0.15, -0.1) is 11.3 Å². The van der Waals surface area contributed by atoms with Gasteiger partial charge >= 0.3 is 5.63 Å². The normalized spacial score (nSPS) is 17.7. The third kappa shape index (κ3) is 3.13. The Kier molecular flexibility index (Phi) is 4.46. The first-order valence-corrected chi connectivity index (χ1v) is 10.6. The van der Waals surface area contributed by atoms with Crippen LogP contribution >= 0.6 is 22.9 Å². The molecule has 2 aromatic heterocycles. The summed E-state index contributed by atoms with van der Waals surface area (Å²) in [7, 11) is 0. The summed E-state index contributed by atoms with van der Waals surface area (Å²) in [6.07, 6.45) is 2.21. The maximum Gasteiger partial charge on any atom is 0.336 e. The largest absolute Gasteiger partial charge is 0.423 e. The zero-order valence-electron chi connectivity index (χ0n) is 15.4. The van der Waals surface area contributed by atoms with Gasteiger partial charge in [-0.25, -0.2) is 9.78 Å². The molecule has 2 aromatic carbocycles. The average molecular weight is 411 g/mol. The summed E-state index contributed by atoms with van der Waals surface area (Å²) in [4.78, 5) is 19.4. The Hall–Kier alpha value is -2.21. The van der Waals surface area contributed by atoms with Crippen LogP contribution in [0.5, 0.6) is 0 Å². The molecule has 0 radical (unpaired) electrons. The highest BCUT2D eigenvalue weighted by Crippen LogP contribution is 2.38. The van der Waals surface area contributed by atoms with Gasteiger partial charge in [0.2, 0.25) is 0 Å². The van der Waals surface area contributed by atoms with Crippen molar-refractivity contribution in [2.45, 2.75) is 32.4 Å². The minimum absolute atomic E-state index is 0.278. The van der Waals surface area contributed by atoms with Gasteiger partial charge in [0.25, 0.3) is 0 Å². The Morgan fingerprint density at radius 1 is 1.29 bits per heavy atom. The summed E-state index contributed by atoms with van der Waals surface area (Å²) in [6.45, 7) is 3.59. The molecule has 0 bridgehead atoms. The molecule has 0 N–H and O–H groups in total. The number of fused-ring (bicyclic) bond motifs is 2. The van der Waals surface area contributed by atoms with E-state index >= 15 is 0 Å².